The highest BCUT2D eigenvalue weighted by atomic mass is 35.5. The van der Waals surface area contributed by atoms with Crippen LogP contribution < -0.4 is 36.3 Å². The van der Waals surface area contributed by atoms with Crippen molar-refractivity contribution >= 4 is 17.6 Å². The molecule has 0 spiro atoms. The zero-order valence-corrected chi connectivity index (χ0v) is 23.6. The summed E-state index contributed by atoms with van der Waals surface area (Å²) in [5.41, 5.74) is 7.65. The highest BCUT2D eigenvalue weighted by Gasteiger charge is 2.40. The second kappa shape index (κ2) is 26.0. The third-order valence-corrected chi connectivity index (χ3v) is 9.95. The van der Waals surface area contributed by atoms with Gasteiger partial charge >= 0.3 is 17.6 Å². The number of rotatable bonds is 18. The summed E-state index contributed by atoms with van der Waals surface area (Å²) in [6.07, 6.45) is 2.01. The van der Waals surface area contributed by atoms with Crippen molar-refractivity contribution < 1.29 is 62.8 Å². The zero-order chi connectivity index (χ0) is 21.7. The molecule has 0 unspecified atom stereocenters. The summed E-state index contributed by atoms with van der Waals surface area (Å²) in [7, 11) is -4.71. The van der Waals surface area contributed by atoms with Crippen LogP contribution >= 0.6 is 0 Å². The first-order valence-corrected chi connectivity index (χ1v) is 14.8. The molecule has 8 nitrogen and oxygen atoms in total. The van der Waals surface area contributed by atoms with E-state index in [1.54, 1.807) is 0 Å². The van der Waals surface area contributed by atoms with Crippen LogP contribution in [0.2, 0.25) is 12.1 Å². The molecule has 0 aliphatic carbocycles. The van der Waals surface area contributed by atoms with Crippen LogP contribution in [0.3, 0.4) is 0 Å². The van der Waals surface area contributed by atoms with Crippen molar-refractivity contribution in [3.8, 4) is 0 Å². The highest BCUT2D eigenvalue weighted by molar-refractivity contribution is 6.61. The summed E-state index contributed by atoms with van der Waals surface area (Å²) in [6.45, 7) is 17.6. The van der Waals surface area contributed by atoms with E-state index >= 15 is 0 Å². The summed E-state index contributed by atoms with van der Waals surface area (Å²) in [4.78, 5) is 0. The normalized spacial score (nSPS) is 11.2. The van der Waals surface area contributed by atoms with Gasteiger partial charge in [-0.15, -0.1) is 0 Å². The van der Waals surface area contributed by atoms with E-state index in [-0.39, 0.29) is 24.8 Å². The molecule has 0 bridgehead atoms. The second-order valence-electron chi connectivity index (χ2n) is 5.88. The lowest BCUT2D eigenvalue weighted by Crippen LogP contribution is -3.00. The van der Waals surface area contributed by atoms with Gasteiger partial charge in [0.15, 0.2) is 0 Å². The Labute approximate surface area is 199 Å². The number of halogens is 2. The maximum Gasteiger partial charge on any atom is 0.501 e. The lowest BCUT2D eigenvalue weighted by atomic mass is 10.5. The Hall–Kier alpha value is 0.694. The molecule has 30 heavy (non-hydrogen) atoms. The smallest absolute Gasteiger partial charge is 0.501 e. The molecule has 0 heterocycles. The first kappa shape index (κ1) is 38.0. The van der Waals surface area contributed by atoms with Crippen LogP contribution in [-0.2, 0) is 26.6 Å². The molecule has 0 aliphatic heterocycles. The van der Waals surface area contributed by atoms with Gasteiger partial charge in [0.25, 0.3) is 0 Å². The van der Waals surface area contributed by atoms with Gasteiger partial charge in [0.2, 0.25) is 0 Å². The van der Waals surface area contributed by atoms with E-state index in [9.17, 15) is 0 Å². The van der Waals surface area contributed by atoms with Gasteiger partial charge in [0.05, 0.1) is 13.1 Å². The van der Waals surface area contributed by atoms with E-state index in [1.807, 2.05) is 41.5 Å². The second-order valence-corrected chi connectivity index (χ2v) is 11.3. The maximum absolute atomic E-state index is 5.68. The highest BCUT2D eigenvalue weighted by Crippen LogP contribution is 2.18. The van der Waals surface area contributed by atoms with Gasteiger partial charge in [-0.2, -0.15) is 0 Å². The molecule has 0 fully saturated rings. The minimum absolute atomic E-state index is 0. The van der Waals surface area contributed by atoms with E-state index in [4.69, 9.17) is 26.6 Å². The fraction of sp³-hybridized carbons (Fsp3) is 1.00. The average Bonchev–Trinajstić information content (AvgIpc) is 2.67. The Morgan fingerprint density at radius 1 is 0.467 bits per heavy atom. The van der Waals surface area contributed by atoms with Gasteiger partial charge in [-0.25, -0.2) is 0 Å². The molecule has 188 valence electrons. The molecule has 0 saturated heterocycles. The minimum atomic E-state index is -2.36. The predicted octanol–water partition coefficient (Wildman–Crippen LogP) is -4.66. The van der Waals surface area contributed by atoms with Crippen LogP contribution in [0.4, 0.5) is 0 Å². The van der Waals surface area contributed by atoms with Gasteiger partial charge in [-0.3, -0.25) is 0 Å². The average molecular weight is 516 g/mol. The Kier molecular flexibility index (Phi) is 32.9. The van der Waals surface area contributed by atoms with Gasteiger partial charge in [0.1, 0.15) is 0 Å². The van der Waals surface area contributed by atoms with Crippen molar-refractivity contribution in [2.75, 3.05) is 52.7 Å². The Balaban J connectivity index is -0.000000211. The summed E-state index contributed by atoms with van der Waals surface area (Å²) in [5.74, 6) is 0. The maximum atomic E-state index is 5.68. The third kappa shape index (κ3) is 18.3. The fourth-order valence-corrected chi connectivity index (χ4v) is 8.06. The van der Waals surface area contributed by atoms with Gasteiger partial charge < -0.3 is 62.8 Å². The lowest BCUT2D eigenvalue weighted by Gasteiger charge is -2.28. The number of hydrogen-bond acceptors (Lipinski definition) is 6. The van der Waals surface area contributed by atoms with Crippen molar-refractivity contribution in [3.05, 3.63) is 0 Å². The standard InChI is InChI=1S/2C9H23NO3Si.2ClH/c2*1-4-11-14(12-5-2,13-6-3)9-7-8-10;;/h2*4-10H2,1-3H3;2*1H. The van der Waals surface area contributed by atoms with Crippen LogP contribution in [0.1, 0.15) is 54.4 Å². The lowest BCUT2D eigenvalue weighted by molar-refractivity contribution is -0.368. The largest absolute Gasteiger partial charge is 1.00 e. The molecular formula is C18H48Cl2N2O6Si2. The summed E-state index contributed by atoms with van der Waals surface area (Å²) < 4.78 is 34.1. The molecule has 0 rings (SSSR count). The number of hydrogen-bond donors (Lipinski definition) is 2. The Bertz CT molecular complexity index is 277. The van der Waals surface area contributed by atoms with Gasteiger partial charge in [0, 0.05) is 64.6 Å². The van der Waals surface area contributed by atoms with Crippen molar-refractivity contribution in [2.45, 2.75) is 66.5 Å². The Morgan fingerprint density at radius 3 is 0.800 bits per heavy atom. The van der Waals surface area contributed by atoms with Crippen LogP contribution in [0.25, 0.3) is 0 Å². The molecule has 0 atom stereocenters. The van der Waals surface area contributed by atoms with Gasteiger partial charge in [-0.05, 0) is 41.5 Å². The van der Waals surface area contributed by atoms with Crippen LogP contribution in [-0.4, -0.2) is 70.3 Å². The minimum Gasteiger partial charge on any atom is -1.00 e. The number of quaternary nitrogens is 2. The van der Waals surface area contributed by atoms with Crippen LogP contribution in [0.5, 0.6) is 0 Å². The molecule has 0 radical (unpaired) electrons. The van der Waals surface area contributed by atoms with Crippen molar-refractivity contribution in [2.24, 2.45) is 0 Å². The summed E-state index contributed by atoms with van der Waals surface area (Å²) >= 11 is 0. The van der Waals surface area contributed by atoms with E-state index in [0.717, 1.165) is 38.0 Å². The molecular weight excluding hydrogens is 467 g/mol. The Morgan fingerprint density at radius 2 is 0.667 bits per heavy atom. The zero-order valence-electron chi connectivity index (χ0n) is 20.1. The molecule has 0 amide bonds. The van der Waals surface area contributed by atoms with E-state index < -0.39 is 17.6 Å². The molecule has 0 aliphatic rings. The molecule has 12 heteroatoms. The topological polar surface area (TPSA) is 111 Å². The SMILES string of the molecule is CCO[Si](CCC[NH3+])(OCC)OCC.CCO[Si](CCC[NH3+])(OCC)OCC.[Cl-].[Cl-]. The van der Waals surface area contributed by atoms with Crippen LogP contribution in [0.15, 0.2) is 0 Å². The van der Waals surface area contributed by atoms with E-state index in [1.165, 1.54) is 0 Å². The molecule has 6 N–H and O–H groups in total. The summed E-state index contributed by atoms with van der Waals surface area (Å²) in [5, 5.41) is 0. The van der Waals surface area contributed by atoms with E-state index in [2.05, 4.69) is 11.5 Å². The predicted molar refractivity (Wildman–Crippen MR) is 116 cm³/mol. The van der Waals surface area contributed by atoms with Crippen molar-refractivity contribution in [1.82, 2.24) is 0 Å². The van der Waals surface area contributed by atoms with Crippen molar-refractivity contribution in [3.63, 3.8) is 0 Å². The first-order chi connectivity index (χ1) is 13.5. The molecule has 0 aromatic carbocycles. The monoisotopic (exact) mass is 514 g/mol. The molecule has 0 aromatic heterocycles. The molecule has 0 saturated carbocycles. The van der Waals surface area contributed by atoms with Crippen molar-refractivity contribution in [1.29, 1.82) is 0 Å². The van der Waals surface area contributed by atoms with Crippen LogP contribution in [0, 0.1) is 0 Å². The third-order valence-electron chi connectivity index (χ3n) is 3.65. The first-order valence-electron chi connectivity index (χ1n) is 10.9. The summed E-state index contributed by atoms with van der Waals surface area (Å²) in [6, 6.07) is 1.76. The quantitative estimate of drug-likeness (QED) is 0.178. The fourth-order valence-electron chi connectivity index (χ4n) is 2.69. The molecule has 0 aromatic rings. The van der Waals surface area contributed by atoms with E-state index in [0.29, 0.717) is 39.6 Å². The van der Waals surface area contributed by atoms with Gasteiger partial charge in [-0.1, -0.05) is 0 Å².